The predicted molar refractivity (Wildman–Crippen MR) is 68.8 cm³/mol. The molecule has 1 unspecified atom stereocenters. The van der Waals surface area contributed by atoms with Gasteiger partial charge >= 0.3 is 0 Å². The highest BCUT2D eigenvalue weighted by Gasteiger charge is 2.33. The zero-order valence-electron chi connectivity index (χ0n) is 11.2. The van der Waals surface area contributed by atoms with E-state index in [0.717, 1.165) is 25.3 Å². The third kappa shape index (κ3) is 2.86. The van der Waals surface area contributed by atoms with Crippen molar-refractivity contribution in [1.82, 2.24) is 20.1 Å². The minimum atomic E-state index is 0.266. The Morgan fingerprint density at radius 3 is 2.94 bits per heavy atom. The van der Waals surface area contributed by atoms with Crippen LogP contribution >= 0.6 is 0 Å². The van der Waals surface area contributed by atoms with Crippen LogP contribution in [0.5, 0.6) is 0 Å². The second-order valence-corrected chi connectivity index (χ2v) is 5.59. The highest BCUT2D eigenvalue weighted by Crippen LogP contribution is 2.26. The molecule has 1 aliphatic heterocycles. The number of hydrogen-bond donors (Lipinski definition) is 1. The molecule has 0 spiro atoms. The molecule has 0 amide bonds. The topological polar surface area (TPSA) is 42.7 Å². The van der Waals surface area contributed by atoms with Crippen LogP contribution in [0.1, 0.15) is 45.9 Å². The number of rotatable bonds is 5. The van der Waals surface area contributed by atoms with Gasteiger partial charge in [-0.1, -0.05) is 20.8 Å². The molecule has 1 aromatic rings. The van der Waals surface area contributed by atoms with Gasteiger partial charge in [0.1, 0.15) is 12.2 Å². The van der Waals surface area contributed by atoms with Gasteiger partial charge in [-0.05, 0) is 31.7 Å². The summed E-state index contributed by atoms with van der Waals surface area (Å²) in [6.45, 7) is 8.81. The van der Waals surface area contributed by atoms with Gasteiger partial charge in [-0.15, -0.1) is 0 Å². The number of nitrogens with one attached hydrogen (secondary N) is 1. The quantitative estimate of drug-likeness (QED) is 0.850. The largest absolute Gasteiger partial charge is 0.311 e. The Kier molecular flexibility index (Phi) is 3.82. The van der Waals surface area contributed by atoms with E-state index in [9.17, 15) is 0 Å². The summed E-state index contributed by atoms with van der Waals surface area (Å²) in [6.07, 6.45) is 6.41. The van der Waals surface area contributed by atoms with Crippen LogP contribution in [0.4, 0.5) is 0 Å². The first-order chi connectivity index (χ1) is 8.15. The van der Waals surface area contributed by atoms with Crippen molar-refractivity contribution in [1.29, 1.82) is 0 Å². The van der Waals surface area contributed by atoms with E-state index in [2.05, 4.69) is 40.9 Å². The third-order valence-corrected chi connectivity index (χ3v) is 3.74. The van der Waals surface area contributed by atoms with E-state index in [1.165, 1.54) is 19.3 Å². The fourth-order valence-electron chi connectivity index (χ4n) is 2.67. The summed E-state index contributed by atoms with van der Waals surface area (Å²) in [7, 11) is 0. The Hall–Kier alpha value is -0.900. The molecule has 1 aliphatic rings. The molecular weight excluding hydrogens is 212 g/mol. The summed E-state index contributed by atoms with van der Waals surface area (Å²) >= 11 is 0. The smallest absolute Gasteiger partial charge is 0.138 e. The average Bonchev–Trinajstić information content (AvgIpc) is 2.90. The lowest BCUT2D eigenvalue weighted by atomic mass is 9.90. The minimum Gasteiger partial charge on any atom is -0.311 e. The normalized spacial score (nSPS) is 24.7. The van der Waals surface area contributed by atoms with Crippen molar-refractivity contribution in [3.63, 3.8) is 0 Å². The van der Waals surface area contributed by atoms with Crippen molar-refractivity contribution in [3.05, 3.63) is 12.2 Å². The Labute approximate surface area is 104 Å². The third-order valence-electron chi connectivity index (χ3n) is 3.74. The Bertz CT molecular complexity index is 350. The molecule has 0 saturated carbocycles. The fraction of sp³-hybridized carbons (Fsp3) is 0.846. The van der Waals surface area contributed by atoms with E-state index in [1.54, 1.807) is 6.33 Å². The highest BCUT2D eigenvalue weighted by molar-refractivity contribution is 5.01. The van der Waals surface area contributed by atoms with Gasteiger partial charge in [0.15, 0.2) is 0 Å². The molecule has 0 bridgehead atoms. The summed E-state index contributed by atoms with van der Waals surface area (Å²) < 4.78 is 2.07. The zero-order valence-corrected chi connectivity index (χ0v) is 11.2. The Balaban J connectivity index is 2.09. The number of nitrogens with zero attached hydrogens (tertiary/aromatic N) is 3. The van der Waals surface area contributed by atoms with Crippen LogP contribution < -0.4 is 5.32 Å². The highest BCUT2D eigenvalue weighted by atomic mass is 15.3. The maximum absolute atomic E-state index is 4.44. The summed E-state index contributed by atoms with van der Waals surface area (Å²) in [4.78, 5) is 4.44. The second-order valence-electron chi connectivity index (χ2n) is 5.59. The first-order valence-electron chi connectivity index (χ1n) is 6.77. The average molecular weight is 236 g/mol. The van der Waals surface area contributed by atoms with Gasteiger partial charge in [-0.2, -0.15) is 5.10 Å². The molecule has 2 rings (SSSR count). The maximum Gasteiger partial charge on any atom is 0.138 e. The summed E-state index contributed by atoms with van der Waals surface area (Å²) in [5, 5.41) is 8.00. The van der Waals surface area contributed by atoms with Crippen LogP contribution in [0.2, 0.25) is 0 Å². The van der Waals surface area contributed by atoms with Crippen molar-refractivity contribution in [3.8, 4) is 0 Å². The summed E-state index contributed by atoms with van der Waals surface area (Å²) in [5.74, 6) is 1.75. The van der Waals surface area contributed by atoms with Crippen LogP contribution in [0, 0.1) is 5.92 Å². The van der Waals surface area contributed by atoms with E-state index in [-0.39, 0.29) is 5.54 Å². The summed E-state index contributed by atoms with van der Waals surface area (Å²) in [6, 6.07) is 0. The number of aromatic nitrogens is 3. The van der Waals surface area contributed by atoms with Crippen molar-refractivity contribution < 1.29 is 0 Å². The second kappa shape index (κ2) is 5.17. The Morgan fingerprint density at radius 1 is 1.53 bits per heavy atom. The van der Waals surface area contributed by atoms with Gasteiger partial charge in [-0.25, -0.2) is 9.67 Å². The van der Waals surface area contributed by atoms with E-state index in [4.69, 9.17) is 0 Å². The standard InChI is InChI=1S/C13H24N4/c1-4-13(6-5-7-15-13)8-12-14-10-16-17(12)9-11(2)3/h10-11,15H,4-9H2,1-3H3. The molecule has 1 atom stereocenters. The van der Waals surface area contributed by atoms with Crippen molar-refractivity contribution in [2.45, 2.75) is 58.5 Å². The van der Waals surface area contributed by atoms with Crippen molar-refractivity contribution >= 4 is 0 Å². The van der Waals surface area contributed by atoms with Crippen molar-refractivity contribution in [2.75, 3.05) is 6.54 Å². The molecule has 1 aromatic heterocycles. The predicted octanol–water partition coefficient (Wildman–Crippen LogP) is 2.01. The van der Waals surface area contributed by atoms with Gasteiger partial charge in [0, 0.05) is 18.5 Å². The van der Waals surface area contributed by atoms with Gasteiger partial charge < -0.3 is 5.32 Å². The van der Waals surface area contributed by atoms with E-state index in [1.807, 2.05) is 0 Å². The SMILES string of the molecule is CCC1(Cc2ncnn2CC(C)C)CCCN1. The van der Waals surface area contributed by atoms with Gasteiger partial charge in [0.2, 0.25) is 0 Å². The lowest BCUT2D eigenvalue weighted by Crippen LogP contribution is -2.42. The molecule has 17 heavy (non-hydrogen) atoms. The van der Waals surface area contributed by atoms with Crippen LogP contribution in [-0.4, -0.2) is 26.8 Å². The molecule has 96 valence electrons. The van der Waals surface area contributed by atoms with E-state index >= 15 is 0 Å². The first kappa shape index (κ1) is 12.6. The molecule has 4 nitrogen and oxygen atoms in total. The number of hydrogen-bond acceptors (Lipinski definition) is 3. The molecule has 0 aliphatic carbocycles. The molecule has 1 fully saturated rings. The molecule has 0 aromatic carbocycles. The zero-order chi connectivity index (χ0) is 12.3. The van der Waals surface area contributed by atoms with E-state index in [0.29, 0.717) is 5.92 Å². The van der Waals surface area contributed by atoms with Crippen LogP contribution in [0.15, 0.2) is 6.33 Å². The van der Waals surface area contributed by atoms with Crippen LogP contribution in [0.3, 0.4) is 0 Å². The van der Waals surface area contributed by atoms with Gasteiger partial charge in [0.05, 0.1) is 0 Å². The molecular formula is C13H24N4. The van der Waals surface area contributed by atoms with E-state index < -0.39 is 0 Å². The van der Waals surface area contributed by atoms with Crippen LogP contribution in [0.25, 0.3) is 0 Å². The minimum absolute atomic E-state index is 0.266. The van der Waals surface area contributed by atoms with Crippen LogP contribution in [-0.2, 0) is 13.0 Å². The van der Waals surface area contributed by atoms with Crippen molar-refractivity contribution in [2.24, 2.45) is 5.92 Å². The monoisotopic (exact) mass is 236 g/mol. The Morgan fingerprint density at radius 2 is 2.35 bits per heavy atom. The maximum atomic E-state index is 4.44. The van der Waals surface area contributed by atoms with Gasteiger partial charge in [0.25, 0.3) is 0 Å². The van der Waals surface area contributed by atoms with Gasteiger partial charge in [-0.3, -0.25) is 0 Å². The first-order valence-corrected chi connectivity index (χ1v) is 6.77. The lowest BCUT2D eigenvalue weighted by molar-refractivity contribution is 0.339. The molecule has 1 saturated heterocycles. The molecule has 0 radical (unpaired) electrons. The molecule has 1 N–H and O–H groups in total. The fourth-order valence-corrected chi connectivity index (χ4v) is 2.67. The molecule has 4 heteroatoms. The summed E-state index contributed by atoms with van der Waals surface area (Å²) in [5.41, 5.74) is 0.266. The molecule has 2 heterocycles. The lowest BCUT2D eigenvalue weighted by Gasteiger charge is -2.27.